The largest absolute Gasteiger partial charge is 0.479 e. The van der Waals surface area contributed by atoms with Crippen molar-refractivity contribution < 1.29 is 29.3 Å². The summed E-state index contributed by atoms with van der Waals surface area (Å²) >= 11 is 4.38. The molecule has 0 unspecified atom stereocenters. The van der Waals surface area contributed by atoms with Gasteiger partial charge in [0.2, 0.25) is 5.91 Å². The van der Waals surface area contributed by atoms with Gasteiger partial charge in [-0.05, 0) is 49.8 Å². The average molecular weight is 594 g/mol. The third-order valence-corrected chi connectivity index (χ3v) is 8.01. The second-order valence-electron chi connectivity index (χ2n) is 8.53. The normalized spacial score (nSPS) is 10.7. The number of hydrogen-bond acceptors (Lipinski definition) is 5. The molecule has 2 N–H and O–H groups in total. The first-order chi connectivity index (χ1) is 18.2. The molecule has 1 aromatic heterocycles. The molecule has 194 valence electrons. The molecule has 38 heavy (non-hydrogen) atoms. The number of carboxylic acid groups (broad SMARTS) is 2. The van der Waals surface area contributed by atoms with Gasteiger partial charge in [-0.25, -0.2) is 9.59 Å². The molecule has 0 radical (unpaired) electrons. The smallest absolute Gasteiger partial charge is 0.349 e. The van der Waals surface area contributed by atoms with Crippen molar-refractivity contribution in [1.82, 2.24) is 4.90 Å². The molecule has 0 atom stereocenters. The number of rotatable bonds is 10. The van der Waals surface area contributed by atoms with E-state index in [9.17, 15) is 19.5 Å². The van der Waals surface area contributed by atoms with Crippen molar-refractivity contribution in [2.75, 3.05) is 6.61 Å². The fourth-order valence-corrected chi connectivity index (χ4v) is 5.84. The molecule has 0 saturated heterocycles. The molecular weight excluding hydrogens is 570 g/mol. The Kier molecular flexibility index (Phi) is 8.60. The molecule has 0 aliphatic rings. The Labute approximate surface area is 232 Å². The van der Waals surface area contributed by atoms with Crippen molar-refractivity contribution in [1.29, 1.82) is 0 Å². The van der Waals surface area contributed by atoms with Gasteiger partial charge in [-0.2, -0.15) is 0 Å². The zero-order chi connectivity index (χ0) is 27.2. The Morgan fingerprint density at radius 2 is 1.47 bits per heavy atom. The van der Waals surface area contributed by atoms with Crippen LogP contribution in [0.5, 0.6) is 5.75 Å². The zero-order valence-electron chi connectivity index (χ0n) is 20.4. The fraction of sp³-hybridized carbons (Fsp3) is 0.138. The van der Waals surface area contributed by atoms with Crippen LogP contribution >= 0.6 is 27.3 Å². The molecule has 1 heterocycles. The predicted molar refractivity (Wildman–Crippen MR) is 149 cm³/mol. The lowest BCUT2D eigenvalue weighted by Crippen LogP contribution is -2.27. The number of amides is 1. The van der Waals surface area contributed by atoms with Crippen LogP contribution in [0.2, 0.25) is 0 Å². The van der Waals surface area contributed by atoms with E-state index >= 15 is 0 Å². The van der Waals surface area contributed by atoms with Crippen molar-refractivity contribution in [3.05, 3.63) is 99.3 Å². The summed E-state index contributed by atoms with van der Waals surface area (Å²) in [5.74, 6) is -2.51. The molecule has 7 nitrogen and oxygen atoms in total. The monoisotopic (exact) mass is 593 g/mol. The Morgan fingerprint density at radius 1 is 0.842 bits per heavy atom. The fourth-order valence-electron chi connectivity index (χ4n) is 3.95. The number of thiophene rings is 1. The van der Waals surface area contributed by atoms with Gasteiger partial charge in [-0.1, -0.05) is 72.8 Å². The molecule has 3 aromatic carbocycles. The SMILES string of the molecule is CC(=O)N(Cc1ccc(-c2ccccc2)cc1)Cc1cccc(-c2sc(C(=O)O)c(OCC(=O)O)c2Br)c1. The highest BCUT2D eigenvalue weighted by Crippen LogP contribution is 2.45. The number of hydrogen-bond donors (Lipinski definition) is 2. The molecular formula is C29H24BrNO6S. The molecule has 1 amide bonds. The third kappa shape index (κ3) is 6.48. The molecule has 0 spiro atoms. The van der Waals surface area contributed by atoms with Crippen LogP contribution in [-0.2, 0) is 22.7 Å². The van der Waals surface area contributed by atoms with E-state index in [2.05, 4.69) is 28.1 Å². The van der Waals surface area contributed by atoms with Crippen LogP contribution in [0.3, 0.4) is 0 Å². The maximum absolute atomic E-state index is 12.5. The number of benzene rings is 3. The summed E-state index contributed by atoms with van der Waals surface area (Å²) in [6, 6.07) is 25.6. The van der Waals surface area contributed by atoms with Crippen LogP contribution in [-0.4, -0.2) is 39.6 Å². The molecule has 4 aromatic rings. The van der Waals surface area contributed by atoms with E-state index < -0.39 is 18.5 Å². The van der Waals surface area contributed by atoms with E-state index in [-0.39, 0.29) is 16.5 Å². The van der Waals surface area contributed by atoms with Crippen molar-refractivity contribution in [2.45, 2.75) is 20.0 Å². The van der Waals surface area contributed by atoms with E-state index in [0.29, 0.717) is 22.4 Å². The predicted octanol–water partition coefficient (Wildman–Crippen LogP) is 6.55. The van der Waals surface area contributed by atoms with Gasteiger partial charge >= 0.3 is 11.9 Å². The number of carboxylic acids is 2. The van der Waals surface area contributed by atoms with E-state index in [0.717, 1.165) is 39.2 Å². The van der Waals surface area contributed by atoms with Gasteiger partial charge in [0.25, 0.3) is 0 Å². The van der Waals surface area contributed by atoms with Gasteiger partial charge < -0.3 is 19.8 Å². The first kappa shape index (κ1) is 27.1. The second-order valence-corrected chi connectivity index (χ2v) is 10.3. The summed E-state index contributed by atoms with van der Waals surface area (Å²) in [4.78, 5) is 37.4. The highest BCUT2D eigenvalue weighted by molar-refractivity contribution is 9.10. The summed E-state index contributed by atoms with van der Waals surface area (Å²) in [6.45, 7) is 1.67. The molecule has 0 aliphatic carbocycles. The maximum atomic E-state index is 12.5. The van der Waals surface area contributed by atoms with Gasteiger partial charge in [-0.3, -0.25) is 4.79 Å². The van der Waals surface area contributed by atoms with Gasteiger partial charge in [-0.15, -0.1) is 11.3 Å². The highest BCUT2D eigenvalue weighted by Gasteiger charge is 2.24. The van der Waals surface area contributed by atoms with Crippen LogP contribution in [0.25, 0.3) is 21.6 Å². The molecule has 4 rings (SSSR count). The highest BCUT2D eigenvalue weighted by atomic mass is 79.9. The number of carbonyl (C=O) groups excluding carboxylic acids is 1. The molecule has 0 bridgehead atoms. The lowest BCUT2D eigenvalue weighted by molar-refractivity contribution is -0.139. The second kappa shape index (κ2) is 12.1. The average Bonchev–Trinajstić information content (AvgIpc) is 3.24. The number of nitrogens with zero attached hydrogens (tertiary/aromatic N) is 1. The van der Waals surface area contributed by atoms with E-state index in [1.54, 1.807) is 4.90 Å². The molecule has 0 fully saturated rings. The number of ether oxygens (including phenoxy) is 1. The molecule has 9 heteroatoms. The van der Waals surface area contributed by atoms with Crippen LogP contribution in [0, 0.1) is 0 Å². The molecule has 0 aliphatic heterocycles. The summed E-state index contributed by atoms with van der Waals surface area (Å²) in [7, 11) is 0. The van der Waals surface area contributed by atoms with Crippen molar-refractivity contribution in [3.8, 4) is 27.3 Å². The quantitative estimate of drug-likeness (QED) is 0.216. The topological polar surface area (TPSA) is 104 Å². The minimum Gasteiger partial charge on any atom is -0.479 e. The summed E-state index contributed by atoms with van der Waals surface area (Å²) < 4.78 is 5.63. The lowest BCUT2D eigenvalue weighted by Gasteiger charge is -2.22. The Balaban J connectivity index is 1.55. The minimum absolute atomic E-state index is 0.0189. The Bertz CT molecular complexity index is 1470. The minimum atomic E-state index is -1.21. The van der Waals surface area contributed by atoms with Gasteiger partial charge in [0.1, 0.15) is 0 Å². The van der Waals surface area contributed by atoms with Gasteiger partial charge in [0, 0.05) is 20.0 Å². The van der Waals surface area contributed by atoms with E-state index in [1.807, 2.05) is 66.7 Å². The first-order valence-electron chi connectivity index (χ1n) is 11.6. The standard InChI is InChI=1S/C29H24BrNO6S/c1-18(32)31(15-19-10-12-22(13-11-19)21-7-3-2-4-8-21)16-20-6-5-9-23(14-20)27-25(30)26(37-17-24(33)34)28(38-27)29(35)36/h2-14H,15-17H2,1H3,(H,33,34)(H,35,36). The first-order valence-corrected chi connectivity index (χ1v) is 13.2. The van der Waals surface area contributed by atoms with Crippen molar-refractivity contribution in [2.24, 2.45) is 0 Å². The summed E-state index contributed by atoms with van der Waals surface area (Å²) in [5, 5.41) is 18.5. The van der Waals surface area contributed by atoms with Crippen LogP contribution < -0.4 is 4.74 Å². The Hall–Kier alpha value is -3.95. The van der Waals surface area contributed by atoms with E-state index in [1.165, 1.54) is 6.92 Å². The van der Waals surface area contributed by atoms with E-state index in [4.69, 9.17) is 9.84 Å². The third-order valence-electron chi connectivity index (χ3n) is 5.79. The van der Waals surface area contributed by atoms with Gasteiger partial charge in [0.15, 0.2) is 17.2 Å². The number of aliphatic carboxylic acids is 1. The number of aromatic carboxylic acids is 1. The van der Waals surface area contributed by atoms with Crippen LogP contribution in [0.15, 0.2) is 83.3 Å². The van der Waals surface area contributed by atoms with Crippen molar-refractivity contribution in [3.63, 3.8) is 0 Å². The van der Waals surface area contributed by atoms with Crippen LogP contribution in [0.4, 0.5) is 0 Å². The summed E-state index contributed by atoms with van der Waals surface area (Å²) in [5.41, 5.74) is 4.82. The maximum Gasteiger partial charge on any atom is 0.349 e. The molecule has 0 saturated carbocycles. The Morgan fingerprint density at radius 3 is 2.11 bits per heavy atom. The lowest BCUT2D eigenvalue weighted by atomic mass is 10.0. The number of carbonyl (C=O) groups is 3. The zero-order valence-corrected chi connectivity index (χ0v) is 22.8. The van der Waals surface area contributed by atoms with Crippen LogP contribution in [0.1, 0.15) is 27.7 Å². The summed E-state index contributed by atoms with van der Waals surface area (Å²) in [6.07, 6.45) is 0. The number of halogens is 1. The van der Waals surface area contributed by atoms with Gasteiger partial charge in [0.05, 0.1) is 9.35 Å². The van der Waals surface area contributed by atoms with Crippen molar-refractivity contribution >= 4 is 45.1 Å².